The Morgan fingerprint density at radius 3 is 2.00 bits per heavy atom. The fraction of sp³-hybridized carbons (Fsp3) is 0. The Morgan fingerprint density at radius 1 is 0.955 bits per heavy atom. The van der Waals surface area contributed by atoms with Gasteiger partial charge in [0.15, 0.2) is 0 Å². The van der Waals surface area contributed by atoms with E-state index >= 15 is 0 Å². The van der Waals surface area contributed by atoms with Crippen molar-refractivity contribution in [2.45, 2.75) is 9.79 Å². The van der Waals surface area contributed by atoms with Gasteiger partial charge >= 0.3 is 0 Å². The number of rotatable bonds is 4. The molecule has 0 unspecified atom stereocenters. The van der Waals surface area contributed by atoms with Gasteiger partial charge in [-0.05, 0) is 42.5 Å². The highest BCUT2D eigenvalue weighted by molar-refractivity contribution is 7.92. The van der Waals surface area contributed by atoms with Crippen molar-refractivity contribution in [1.82, 2.24) is 0 Å². The SMILES string of the molecule is NS(=O)(=O)c1ccc(S(=O)(=O)Nc2ccc(F)cc2Cl)cc1. The molecule has 2 rings (SSSR count). The fourth-order valence-electron chi connectivity index (χ4n) is 1.58. The summed E-state index contributed by atoms with van der Waals surface area (Å²) >= 11 is 5.75. The average molecular weight is 365 g/mol. The van der Waals surface area contributed by atoms with Gasteiger partial charge in [0.2, 0.25) is 10.0 Å². The van der Waals surface area contributed by atoms with Crippen molar-refractivity contribution in [2.24, 2.45) is 5.14 Å². The van der Waals surface area contributed by atoms with Crippen molar-refractivity contribution in [3.63, 3.8) is 0 Å². The van der Waals surface area contributed by atoms with Gasteiger partial charge in [-0.2, -0.15) is 0 Å². The van der Waals surface area contributed by atoms with Crippen molar-refractivity contribution in [3.05, 3.63) is 53.3 Å². The van der Waals surface area contributed by atoms with Gasteiger partial charge in [0.05, 0.1) is 20.5 Å². The highest BCUT2D eigenvalue weighted by Crippen LogP contribution is 2.25. The van der Waals surface area contributed by atoms with Gasteiger partial charge in [-0.15, -0.1) is 0 Å². The van der Waals surface area contributed by atoms with Gasteiger partial charge in [-0.3, -0.25) is 4.72 Å². The van der Waals surface area contributed by atoms with Crippen LogP contribution >= 0.6 is 11.6 Å². The predicted octanol–water partition coefficient (Wildman–Crippen LogP) is 1.93. The summed E-state index contributed by atoms with van der Waals surface area (Å²) < 4.78 is 61.7. The first kappa shape index (κ1) is 16.7. The standard InChI is InChI=1S/C12H10ClFN2O4S2/c13-11-7-8(14)1-6-12(11)16-22(19,20)10-4-2-9(3-5-10)21(15,17)18/h1-7,16H,(H2,15,17,18). The van der Waals surface area contributed by atoms with E-state index in [1.165, 1.54) is 6.07 Å². The molecule has 0 fully saturated rings. The zero-order valence-corrected chi connectivity index (χ0v) is 13.2. The van der Waals surface area contributed by atoms with Crippen molar-refractivity contribution in [2.75, 3.05) is 4.72 Å². The molecule has 2 aromatic carbocycles. The summed E-state index contributed by atoms with van der Waals surface area (Å²) in [5.41, 5.74) is -0.00131. The molecular formula is C12H10ClFN2O4S2. The van der Waals surface area contributed by atoms with E-state index in [9.17, 15) is 21.2 Å². The molecule has 0 atom stereocenters. The van der Waals surface area contributed by atoms with Crippen molar-refractivity contribution < 1.29 is 21.2 Å². The molecule has 0 saturated heterocycles. The lowest BCUT2D eigenvalue weighted by molar-refractivity contribution is 0.595. The van der Waals surface area contributed by atoms with E-state index in [1.54, 1.807) is 0 Å². The van der Waals surface area contributed by atoms with Crippen LogP contribution in [0.5, 0.6) is 0 Å². The van der Waals surface area contributed by atoms with Crippen molar-refractivity contribution in [3.8, 4) is 0 Å². The van der Waals surface area contributed by atoms with Gasteiger partial charge in [0.25, 0.3) is 10.0 Å². The Hall–Kier alpha value is -1.68. The number of halogens is 2. The maximum absolute atomic E-state index is 12.9. The molecule has 0 aliphatic heterocycles. The van der Waals surface area contributed by atoms with Crippen LogP contribution in [0, 0.1) is 5.82 Å². The van der Waals surface area contributed by atoms with Gasteiger partial charge in [-0.1, -0.05) is 11.6 Å². The summed E-state index contributed by atoms with van der Waals surface area (Å²) in [7, 11) is -7.92. The molecule has 3 N–H and O–H groups in total. The van der Waals surface area contributed by atoms with Crippen LogP contribution in [0.15, 0.2) is 52.3 Å². The first-order chi connectivity index (χ1) is 10.1. The van der Waals surface area contributed by atoms with E-state index in [4.69, 9.17) is 16.7 Å². The fourth-order valence-corrected chi connectivity index (χ4v) is 3.45. The molecule has 0 heterocycles. The molecule has 0 radical (unpaired) electrons. The van der Waals surface area contributed by atoms with E-state index < -0.39 is 25.9 Å². The Bertz CT molecular complexity index is 913. The Labute approximate surface area is 131 Å². The summed E-state index contributed by atoms with van der Waals surface area (Å²) in [5, 5.41) is 4.82. The molecule has 6 nitrogen and oxygen atoms in total. The smallest absolute Gasteiger partial charge is 0.261 e. The molecule has 0 aliphatic carbocycles. The molecule has 0 bridgehead atoms. The average Bonchev–Trinajstić information content (AvgIpc) is 2.41. The number of benzene rings is 2. The van der Waals surface area contributed by atoms with Crippen molar-refractivity contribution >= 4 is 37.3 Å². The summed E-state index contributed by atoms with van der Waals surface area (Å²) in [5.74, 6) is -0.606. The molecule has 2 aromatic rings. The number of anilines is 1. The molecule has 0 saturated carbocycles. The first-order valence-corrected chi connectivity index (χ1v) is 9.11. The van der Waals surface area contributed by atoms with Gasteiger partial charge in [-0.25, -0.2) is 26.4 Å². The number of sulfonamides is 2. The third-order valence-corrected chi connectivity index (χ3v) is 5.26. The lowest BCUT2D eigenvalue weighted by Gasteiger charge is -2.10. The van der Waals surface area contributed by atoms with E-state index in [-0.39, 0.29) is 20.5 Å². The zero-order chi connectivity index (χ0) is 16.5. The quantitative estimate of drug-likeness (QED) is 0.864. The monoisotopic (exact) mass is 364 g/mol. The van der Waals surface area contributed by atoms with Crippen LogP contribution in [0.25, 0.3) is 0 Å². The van der Waals surface area contributed by atoms with Crippen LogP contribution in [0.4, 0.5) is 10.1 Å². The Kier molecular flexibility index (Phi) is 4.43. The van der Waals surface area contributed by atoms with Gasteiger partial charge < -0.3 is 0 Å². The van der Waals surface area contributed by atoms with E-state index in [2.05, 4.69) is 4.72 Å². The Morgan fingerprint density at radius 2 is 1.50 bits per heavy atom. The number of hydrogen-bond acceptors (Lipinski definition) is 4. The molecule has 0 spiro atoms. The first-order valence-electron chi connectivity index (χ1n) is 5.70. The van der Waals surface area contributed by atoms with E-state index in [0.29, 0.717) is 0 Å². The largest absolute Gasteiger partial charge is 0.278 e. The molecule has 0 amide bonds. The molecule has 22 heavy (non-hydrogen) atoms. The minimum Gasteiger partial charge on any atom is -0.278 e. The van der Waals surface area contributed by atoms with Gasteiger partial charge in [0.1, 0.15) is 5.82 Å². The number of hydrogen-bond donors (Lipinski definition) is 2. The van der Waals surface area contributed by atoms with Gasteiger partial charge in [0, 0.05) is 0 Å². The van der Waals surface area contributed by atoms with Crippen LogP contribution in [0.2, 0.25) is 5.02 Å². The lowest BCUT2D eigenvalue weighted by Crippen LogP contribution is -2.15. The topological polar surface area (TPSA) is 106 Å². The third-order valence-electron chi connectivity index (χ3n) is 2.64. The minimum absolute atomic E-state index is 0.00131. The van der Waals surface area contributed by atoms with Crippen LogP contribution in [0.1, 0.15) is 0 Å². The summed E-state index contributed by atoms with van der Waals surface area (Å²) in [6.07, 6.45) is 0. The van der Waals surface area contributed by atoms with Crippen LogP contribution in [-0.4, -0.2) is 16.8 Å². The second-order valence-electron chi connectivity index (χ2n) is 4.25. The van der Waals surface area contributed by atoms with Crippen LogP contribution in [-0.2, 0) is 20.0 Å². The molecule has 10 heteroatoms. The minimum atomic E-state index is -4.00. The third kappa shape index (κ3) is 3.74. The molecular weight excluding hydrogens is 355 g/mol. The summed E-state index contributed by atoms with van der Waals surface area (Å²) in [4.78, 5) is -0.411. The maximum atomic E-state index is 12.9. The lowest BCUT2D eigenvalue weighted by atomic mass is 10.3. The number of nitrogens with two attached hydrogens (primary N) is 1. The molecule has 0 aliphatic rings. The van der Waals surface area contributed by atoms with Crippen molar-refractivity contribution in [1.29, 1.82) is 0 Å². The predicted molar refractivity (Wildman–Crippen MR) is 80.0 cm³/mol. The Balaban J connectivity index is 2.34. The van der Waals surface area contributed by atoms with Crippen LogP contribution < -0.4 is 9.86 Å². The summed E-state index contributed by atoms with van der Waals surface area (Å²) in [6, 6.07) is 7.48. The van der Waals surface area contributed by atoms with E-state index in [1.807, 2.05) is 0 Å². The summed E-state index contributed by atoms with van der Waals surface area (Å²) in [6.45, 7) is 0. The van der Waals surface area contributed by atoms with E-state index in [0.717, 1.165) is 36.4 Å². The molecule has 0 aromatic heterocycles. The second kappa shape index (κ2) is 5.84. The second-order valence-corrected chi connectivity index (χ2v) is 7.90. The normalized spacial score (nSPS) is 12.1. The van der Waals surface area contributed by atoms with Crippen LogP contribution in [0.3, 0.4) is 0 Å². The zero-order valence-electron chi connectivity index (χ0n) is 10.8. The molecule has 118 valence electrons. The number of nitrogens with one attached hydrogen (secondary N) is 1. The highest BCUT2D eigenvalue weighted by Gasteiger charge is 2.17. The maximum Gasteiger partial charge on any atom is 0.261 e. The number of primary sulfonamides is 1. The highest BCUT2D eigenvalue weighted by atomic mass is 35.5.